The van der Waals surface area contributed by atoms with E-state index >= 15 is 0 Å². The number of ether oxygens (including phenoxy) is 1. The Morgan fingerprint density at radius 3 is 2.44 bits per heavy atom. The molecule has 100 valence electrons. The van der Waals surface area contributed by atoms with Gasteiger partial charge in [-0.3, -0.25) is 4.79 Å². The van der Waals surface area contributed by atoms with Crippen molar-refractivity contribution in [1.82, 2.24) is 4.90 Å². The summed E-state index contributed by atoms with van der Waals surface area (Å²) in [7, 11) is 1.79. The maximum atomic E-state index is 12.0. The van der Waals surface area contributed by atoms with Gasteiger partial charge in [0.15, 0.2) is 0 Å². The second-order valence-corrected chi connectivity index (χ2v) is 4.84. The fraction of sp³-hybridized carbons (Fsp3) is 0.500. The van der Waals surface area contributed by atoms with Crippen LogP contribution in [0.15, 0.2) is 24.3 Å². The average Bonchev–Trinajstić information content (AvgIpc) is 2.35. The van der Waals surface area contributed by atoms with Crippen molar-refractivity contribution in [2.45, 2.75) is 26.4 Å². The van der Waals surface area contributed by atoms with Gasteiger partial charge in [0.05, 0.1) is 6.10 Å². The molecule has 0 saturated carbocycles. The van der Waals surface area contributed by atoms with Crippen molar-refractivity contribution in [3.05, 3.63) is 29.8 Å². The molecule has 1 rings (SSSR count). The van der Waals surface area contributed by atoms with Gasteiger partial charge < -0.3 is 9.64 Å². The summed E-state index contributed by atoms with van der Waals surface area (Å²) in [6, 6.07) is 7.22. The largest absolute Gasteiger partial charge is 0.491 e. The van der Waals surface area contributed by atoms with E-state index in [2.05, 4.69) is 0 Å². The minimum atomic E-state index is 0.0104. The van der Waals surface area contributed by atoms with E-state index in [0.717, 1.165) is 12.2 Å². The first-order valence-electron chi connectivity index (χ1n) is 6.12. The molecule has 18 heavy (non-hydrogen) atoms. The zero-order valence-electron chi connectivity index (χ0n) is 11.1. The van der Waals surface area contributed by atoms with Gasteiger partial charge in [-0.1, -0.05) is 0 Å². The SMILES string of the molecule is CC(C)Oc1ccc(C(=O)N(C)CCCCl)cc1. The molecule has 0 aliphatic rings. The second-order valence-electron chi connectivity index (χ2n) is 4.46. The van der Waals surface area contributed by atoms with Gasteiger partial charge in [0.25, 0.3) is 5.91 Å². The van der Waals surface area contributed by atoms with Crippen molar-refractivity contribution in [3.8, 4) is 5.75 Å². The second kappa shape index (κ2) is 7.27. The Balaban J connectivity index is 2.63. The highest BCUT2D eigenvalue weighted by Crippen LogP contribution is 2.15. The lowest BCUT2D eigenvalue weighted by Crippen LogP contribution is -2.27. The molecule has 4 heteroatoms. The number of carbonyl (C=O) groups is 1. The van der Waals surface area contributed by atoms with E-state index in [0.29, 0.717) is 18.0 Å². The highest BCUT2D eigenvalue weighted by Gasteiger charge is 2.11. The summed E-state index contributed by atoms with van der Waals surface area (Å²) in [5.41, 5.74) is 0.670. The minimum Gasteiger partial charge on any atom is -0.491 e. The Morgan fingerprint density at radius 2 is 1.94 bits per heavy atom. The summed E-state index contributed by atoms with van der Waals surface area (Å²) < 4.78 is 5.53. The van der Waals surface area contributed by atoms with Crippen molar-refractivity contribution in [1.29, 1.82) is 0 Å². The molecule has 0 aliphatic heterocycles. The maximum absolute atomic E-state index is 12.0. The van der Waals surface area contributed by atoms with Crippen LogP contribution in [0.1, 0.15) is 30.6 Å². The smallest absolute Gasteiger partial charge is 0.253 e. The fourth-order valence-corrected chi connectivity index (χ4v) is 1.69. The molecule has 3 nitrogen and oxygen atoms in total. The van der Waals surface area contributed by atoms with Crippen LogP contribution in [0, 0.1) is 0 Å². The van der Waals surface area contributed by atoms with Crippen LogP contribution < -0.4 is 4.74 Å². The number of nitrogens with zero attached hydrogens (tertiary/aromatic N) is 1. The number of carbonyl (C=O) groups excluding carboxylic acids is 1. The van der Waals surface area contributed by atoms with Crippen molar-refractivity contribution >= 4 is 17.5 Å². The molecule has 0 unspecified atom stereocenters. The number of hydrogen-bond acceptors (Lipinski definition) is 2. The zero-order valence-corrected chi connectivity index (χ0v) is 11.9. The van der Waals surface area contributed by atoms with Crippen LogP contribution in [-0.2, 0) is 0 Å². The number of rotatable bonds is 6. The van der Waals surface area contributed by atoms with Crippen LogP contribution >= 0.6 is 11.6 Å². The Bertz CT molecular complexity index is 376. The Kier molecular flexibility index (Phi) is 5.99. The van der Waals surface area contributed by atoms with Gasteiger partial charge in [-0.2, -0.15) is 0 Å². The minimum absolute atomic E-state index is 0.0104. The molecular weight excluding hydrogens is 250 g/mol. The molecule has 0 N–H and O–H groups in total. The van der Waals surface area contributed by atoms with E-state index in [1.54, 1.807) is 24.1 Å². The molecule has 1 amide bonds. The predicted octanol–water partition coefficient (Wildman–Crippen LogP) is 3.17. The molecule has 0 atom stereocenters. The zero-order chi connectivity index (χ0) is 13.5. The number of hydrogen-bond donors (Lipinski definition) is 0. The molecule has 1 aromatic rings. The molecule has 0 saturated heterocycles. The third-order valence-corrected chi connectivity index (χ3v) is 2.71. The van der Waals surface area contributed by atoms with E-state index in [4.69, 9.17) is 16.3 Å². The summed E-state index contributed by atoms with van der Waals surface area (Å²) in [4.78, 5) is 13.7. The number of benzene rings is 1. The third-order valence-electron chi connectivity index (χ3n) is 2.45. The topological polar surface area (TPSA) is 29.5 Å². The van der Waals surface area contributed by atoms with Crippen LogP contribution in [0.5, 0.6) is 5.75 Å². The van der Waals surface area contributed by atoms with Gasteiger partial charge in [-0.15, -0.1) is 11.6 Å². The summed E-state index contributed by atoms with van der Waals surface area (Å²) in [6.07, 6.45) is 0.941. The number of alkyl halides is 1. The molecule has 0 heterocycles. The van der Waals surface area contributed by atoms with Crippen LogP contribution in [0.3, 0.4) is 0 Å². The van der Waals surface area contributed by atoms with Gasteiger partial charge in [0.2, 0.25) is 0 Å². The molecule has 0 radical (unpaired) electrons. The van der Waals surface area contributed by atoms with Crippen molar-refractivity contribution < 1.29 is 9.53 Å². The monoisotopic (exact) mass is 269 g/mol. The first-order chi connectivity index (χ1) is 8.54. The molecule has 0 fully saturated rings. The highest BCUT2D eigenvalue weighted by molar-refractivity contribution is 6.17. The number of halogens is 1. The van der Waals surface area contributed by atoms with E-state index < -0.39 is 0 Å². The normalized spacial score (nSPS) is 10.5. The molecule has 1 aromatic carbocycles. The van der Waals surface area contributed by atoms with Crippen LogP contribution in [0.25, 0.3) is 0 Å². The predicted molar refractivity (Wildman–Crippen MR) is 74.5 cm³/mol. The lowest BCUT2D eigenvalue weighted by atomic mass is 10.2. The summed E-state index contributed by atoms with van der Waals surface area (Å²) >= 11 is 5.61. The van der Waals surface area contributed by atoms with E-state index in [9.17, 15) is 4.79 Å². The molecule has 0 aliphatic carbocycles. The third kappa shape index (κ3) is 4.57. The van der Waals surface area contributed by atoms with Gasteiger partial charge in [0.1, 0.15) is 5.75 Å². The molecule has 0 bridgehead atoms. The van der Waals surface area contributed by atoms with E-state index in [1.165, 1.54) is 0 Å². The quantitative estimate of drug-likeness (QED) is 0.743. The van der Waals surface area contributed by atoms with Crippen molar-refractivity contribution in [2.24, 2.45) is 0 Å². The van der Waals surface area contributed by atoms with Gasteiger partial charge in [-0.25, -0.2) is 0 Å². The summed E-state index contributed by atoms with van der Waals surface area (Å²) in [6.45, 7) is 4.62. The van der Waals surface area contributed by atoms with Crippen LogP contribution in [0.2, 0.25) is 0 Å². The average molecular weight is 270 g/mol. The summed E-state index contributed by atoms with van der Waals surface area (Å²) in [5.74, 6) is 1.36. The number of amides is 1. The summed E-state index contributed by atoms with van der Waals surface area (Å²) in [5, 5.41) is 0. The molecule has 0 aromatic heterocycles. The first-order valence-corrected chi connectivity index (χ1v) is 6.66. The van der Waals surface area contributed by atoms with Crippen molar-refractivity contribution in [3.63, 3.8) is 0 Å². The molecular formula is C14H20ClNO2. The maximum Gasteiger partial charge on any atom is 0.253 e. The fourth-order valence-electron chi connectivity index (χ4n) is 1.57. The van der Waals surface area contributed by atoms with E-state index in [-0.39, 0.29) is 12.0 Å². The van der Waals surface area contributed by atoms with Gasteiger partial charge in [0, 0.05) is 25.0 Å². The Morgan fingerprint density at radius 1 is 1.33 bits per heavy atom. The van der Waals surface area contributed by atoms with Crippen molar-refractivity contribution in [2.75, 3.05) is 19.5 Å². The Labute approximate surface area is 114 Å². The first kappa shape index (κ1) is 14.8. The van der Waals surface area contributed by atoms with Crippen LogP contribution in [0.4, 0.5) is 0 Å². The van der Waals surface area contributed by atoms with Gasteiger partial charge in [-0.05, 0) is 44.5 Å². The molecule has 0 spiro atoms. The lowest BCUT2D eigenvalue weighted by molar-refractivity contribution is 0.0795. The lowest BCUT2D eigenvalue weighted by Gasteiger charge is -2.17. The van der Waals surface area contributed by atoms with Crippen LogP contribution in [-0.4, -0.2) is 36.4 Å². The van der Waals surface area contributed by atoms with Gasteiger partial charge >= 0.3 is 0 Å². The highest BCUT2D eigenvalue weighted by atomic mass is 35.5. The Hall–Kier alpha value is -1.22. The van der Waals surface area contributed by atoms with E-state index in [1.807, 2.05) is 26.0 Å². The standard InChI is InChI=1S/C14H20ClNO2/c1-11(2)18-13-7-5-12(6-8-13)14(17)16(3)10-4-9-15/h5-8,11H,4,9-10H2,1-3H3.